The summed E-state index contributed by atoms with van der Waals surface area (Å²) >= 11 is 0. The molecule has 2 N–H and O–H groups in total. The van der Waals surface area contributed by atoms with Crippen LogP contribution < -0.4 is 5.73 Å². The zero-order valence-corrected chi connectivity index (χ0v) is 9.80. The molecular formula is C13H17N3O. The van der Waals surface area contributed by atoms with E-state index in [0.29, 0.717) is 12.6 Å². The molecule has 0 radical (unpaired) electrons. The number of aromatic nitrogens is 2. The smallest absolute Gasteiger partial charge is 0.0959 e. The van der Waals surface area contributed by atoms with Crippen LogP contribution >= 0.6 is 0 Å². The Balaban J connectivity index is 1.89. The van der Waals surface area contributed by atoms with E-state index in [4.69, 9.17) is 10.5 Å². The molecule has 1 atom stereocenters. The van der Waals surface area contributed by atoms with Crippen molar-refractivity contribution in [3.8, 4) is 0 Å². The van der Waals surface area contributed by atoms with Crippen LogP contribution in [-0.4, -0.2) is 22.3 Å². The average Bonchev–Trinajstić information content (AvgIpc) is 2.99. The Bertz CT molecular complexity index is 514. The van der Waals surface area contributed by atoms with Crippen molar-refractivity contribution in [3.63, 3.8) is 0 Å². The molecule has 3 rings (SSSR count). The predicted octanol–water partition coefficient (Wildman–Crippen LogP) is 1.67. The molecule has 17 heavy (non-hydrogen) atoms. The third-order valence-electron chi connectivity index (χ3n) is 3.35. The maximum atomic E-state index is 5.65. The van der Waals surface area contributed by atoms with E-state index < -0.39 is 0 Å². The van der Waals surface area contributed by atoms with E-state index in [2.05, 4.69) is 27.8 Å². The number of nitrogens with two attached hydrogens (primary N) is 1. The van der Waals surface area contributed by atoms with Gasteiger partial charge in [0.15, 0.2) is 0 Å². The molecule has 0 bridgehead atoms. The van der Waals surface area contributed by atoms with E-state index >= 15 is 0 Å². The SMILES string of the molecule is NCc1ccc2c(c1)ncn2C[C@H]1CCCO1. The fraction of sp³-hybridized carbons (Fsp3) is 0.462. The largest absolute Gasteiger partial charge is 0.376 e. The molecule has 0 spiro atoms. The molecule has 90 valence electrons. The summed E-state index contributed by atoms with van der Waals surface area (Å²) in [5.41, 5.74) is 8.93. The van der Waals surface area contributed by atoms with Crippen LogP contribution in [0.25, 0.3) is 11.0 Å². The number of rotatable bonds is 3. The Hall–Kier alpha value is -1.39. The standard InChI is InChI=1S/C13H17N3O/c14-7-10-3-4-13-12(6-10)15-9-16(13)8-11-2-1-5-17-11/h3-4,6,9,11H,1-2,5,7-8,14H2/t11-/m1/s1. The molecule has 1 aromatic carbocycles. The number of hydrogen-bond donors (Lipinski definition) is 1. The molecule has 4 heteroatoms. The molecule has 2 aromatic rings. The first kappa shape index (κ1) is 10.7. The fourth-order valence-corrected chi connectivity index (χ4v) is 2.39. The van der Waals surface area contributed by atoms with E-state index in [1.54, 1.807) is 0 Å². The van der Waals surface area contributed by atoms with Crippen molar-refractivity contribution >= 4 is 11.0 Å². The van der Waals surface area contributed by atoms with Crippen LogP contribution in [-0.2, 0) is 17.8 Å². The van der Waals surface area contributed by atoms with Crippen LogP contribution in [0.4, 0.5) is 0 Å². The number of nitrogens with zero attached hydrogens (tertiary/aromatic N) is 2. The topological polar surface area (TPSA) is 53.1 Å². The minimum Gasteiger partial charge on any atom is -0.376 e. The summed E-state index contributed by atoms with van der Waals surface area (Å²) in [5.74, 6) is 0. The Morgan fingerprint density at radius 1 is 1.47 bits per heavy atom. The van der Waals surface area contributed by atoms with Gasteiger partial charge in [0.2, 0.25) is 0 Å². The number of ether oxygens (including phenoxy) is 1. The number of imidazole rings is 1. The van der Waals surface area contributed by atoms with Crippen LogP contribution in [0.15, 0.2) is 24.5 Å². The minimum atomic E-state index is 0.349. The Morgan fingerprint density at radius 3 is 3.18 bits per heavy atom. The lowest BCUT2D eigenvalue weighted by atomic mass is 10.2. The van der Waals surface area contributed by atoms with Crippen molar-refractivity contribution in [1.82, 2.24) is 9.55 Å². The van der Waals surface area contributed by atoms with Crippen LogP contribution in [0.2, 0.25) is 0 Å². The molecular weight excluding hydrogens is 214 g/mol. The summed E-state index contributed by atoms with van der Waals surface area (Å²) < 4.78 is 7.82. The summed E-state index contributed by atoms with van der Waals surface area (Å²) in [4.78, 5) is 4.42. The fourth-order valence-electron chi connectivity index (χ4n) is 2.39. The summed E-state index contributed by atoms with van der Waals surface area (Å²) in [7, 11) is 0. The highest BCUT2D eigenvalue weighted by atomic mass is 16.5. The highest BCUT2D eigenvalue weighted by Gasteiger charge is 2.16. The second-order valence-corrected chi connectivity index (χ2v) is 4.56. The molecule has 0 saturated carbocycles. The molecule has 0 aliphatic carbocycles. The lowest BCUT2D eigenvalue weighted by Gasteiger charge is -2.10. The number of fused-ring (bicyclic) bond motifs is 1. The van der Waals surface area contributed by atoms with Gasteiger partial charge < -0.3 is 15.0 Å². The van der Waals surface area contributed by atoms with Gasteiger partial charge in [-0.25, -0.2) is 4.98 Å². The van der Waals surface area contributed by atoms with Crippen molar-refractivity contribution in [2.75, 3.05) is 6.61 Å². The first-order valence-electron chi connectivity index (χ1n) is 6.12. The Morgan fingerprint density at radius 2 is 2.41 bits per heavy atom. The van der Waals surface area contributed by atoms with Crippen molar-refractivity contribution < 1.29 is 4.74 Å². The van der Waals surface area contributed by atoms with E-state index in [0.717, 1.165) is 36.2 Å². The molecule has 2 heterocycles. The zero-order chi connectivity index (χ0) is 11.7. The van der Waals surface area contributed by atoms with Crippen molar-refractivity contribution in [2.24, 2.45) is 5.73 Å². The maximum absolute atomic E-state index is 5.65. The van der Waals surface area contributed by atoms with Crippen molar-refractivity contribution in [2.45, 2.75) is 32.0 Å². The van der Waals surface area contributed by atoms with Crippen LogP contribution in [0, 0.1) is 0 Å². The van der Waals surface area contributed by atoms with Crippen LogP contribution in [0.3, 0.4) is 0 Å². The molecule has 1 saturated heterocycles. The Labute approximate surface area is 100 Å². The van der Waals surface area contributed by atoms with E-state index in [9.17, 15) is 0 Å². The van der Waals surface area contributed by atoms with E-state index in [-0.39, 0.29) is 0 Å². The first-order valence-corrected chi connectivity index (χ1v) is 6.12. The summed E-state index contributed by atoms with van der Waals surface area (Å²) in [6.07, 6.45) is 4.57. The van der Waals surface area contributed by atoms with Gasteiger partial charge in [-0.3, -0.25) is 0 Å². The van der Waals surface area contributed by atoms with Crippen LogP contribution in [0.1, 0.15) is 18.4 Å². The van der Waals surface area contributed by atoms with Gasteiger partial charge in [-0.05, 0) is 30.5 Å². The molecule has 0 amide bonds. The third kappa shape index (κ3) is 2.06. The maximum Gasteiger partial charge on any atom is 0.0959 e. The zero-order valence-electron chi connectivity index (χ0n) is 9.80. The molecule has 4 nitrogen and oxygen atoms in total. The third-order valence-corrected chi connectivity index (χ3v) is 3.35. The van der Waals surface area contributed by atoms with Crippen LogP contribution in [0.5, 0.6) is 0 Å². The number of benzene rings is 1. The summed E-state index contributed by atoms with van der Waals surface area (Å²) in [6, 6.07) is 6.22. The average molecular weight is 231 g/mol. The monoisotopic (exact) mass is 231 g/mol. The van der Waals surface area contributed by atoms with Crippen molar-refractivity contribution in [1.29, 1.82) is 0 Å². The van der Waals surface area contributed by atoms with Gasteiger partial charge in [0.05, 0.1) is 30.0 Å². The van der Waals surface area contributed by atoms with Gasteiger partial charge in [0.1, 0.15) is 0 Å². The first-order chi connectivity index (χ1) is 8.36. The van der Waals surface area contributed by atoms with Gasteiger partial charge in [-0.2, -0.15) is 0 Å². The summed E-state index contributed by atoms with van der Waals surface area (Å²) in [5, 5.41) is 0. The van der Waals surface area contributed by atoms with E-state index in [1.807, 2.05) is 6.33 Å². The van der Waals surface area contributed by atoms with Gasteiger partial charge >= 0.3 is 0 Å². The van der Waals surface area contributed by atoms with E-state index in [1.165, 1.54) is 6.42 Å². The number of hydrogen-bond acceptors (Lipinski definition) is 3. The molecule has 1 aliphatic rings. The van der Waals surface area contributed by atoms with Gasteiger partial charge in [0.25, 0.3) is 0 Å². The molecule has 1 fully saturated rings. The Kier molecular flexibility index (Phi) is 2.82. The normalized spacial score (nSPS) is 20.2. The highest BCUT2D eigenvalue weighted by molar-refractivity contribution is 5.76. The second kappa shape index (κ2) is 4.47. The minimum absolute atomic E-state index is 0.349. The lowest BCUT2D eigenvalue weighted by Crippen LogP contribution is -2.14. The molecule has 0 unspecified atom stereocenters. The molecule has 1 aromatic heterocycles. The molecule has 1 aliphatic heterocycles. The van der Waals surface area contributed by atoms with Gasteiger partial charge in [0, 0.05) is 13.2 Å². The predicted molar refractivity (Wildman–Crippen MR) is 66.6 cm³/mol. The van der Waals surface area contributed by atoms with Gasteiger partial charge in [-0.1, -0.05) is 6.07 Å². The second-order valence-electron chi connectivity index (χ2n) is 4.56. The highest BCUT2D eigenvalue weighted by Crippen LogP contribution is 2.19. The lowest BCUT2D eigenvalue weighted by molar-refractivity contribution is 0.0979. The summed E-state index contributed by atoms with van der Waals surface area (Å²) in [6.45, 7) is 2.36. The van der Waals surface area contributed by atoms with Gasteiger partial charge in [-0.15, -0.1) is 0 Å². The van der Waals surface area contributed by atoms with Crippen molar-refractivity contribution in [3.05, 3.63) is 30.1 Å². The quantitative estimate of drug-likeness (QED) is 0.874.